The molecular formula is C4H7Cl2N. The molecule has 1 saturated carbocycles. The number of hydrogen-bond acceptors (Lipinski definition) is 1. The van der Waals surface area contributed by atoms with Crippen LogP contribution in [0.3, 0.4) is 0 Å². The van der Waals surface area contributed by atoms with Gasteiger partial charge in [0.05, 0.1) is 0 Å². The first-order valence-electron chi connectivity index (χ1n) is 2.12. The zero-order valence-corrected chi connectivity index (χ0v) is 5.55. The summed E-state index contributed by atoms with van der Waals surface area (Å²) >= 11 is 11.1. The lowest BCUT2D eigenvalue weighted by atomic mass is 10.4. The molecule has 0 aromatic rings. The van der Waals surface area contributed by atoms with E-state index in [0.717, 1.165) is 0 Å². The van der Waals surface area contributed by atoms with Crippen molar-refractivity contribution in [3.8, 4) is 0 Å². The zero-order valence-electron chi connectivity index (χ0n) is 4.04. The molecule has 1 aliphatic rings. The Balaban J connectivity index is 2.59. The summed E-state index contributed by atoms with van der Waals surface area (Å²) in [6.45, 7) is 1.84. The second-order valence-corrected chi connectivity index (χ2v) is 3.78. The molecule has 0 bridgehead atoms. The van der Waals surface area contributed by atoms with Crippen LogP contribution in [0.15, 0.2) is 0 Å². The van der Waals surface area contributed by atoms with Crippen molar-refractivity contribution in [1.82, 2.24) is 0 Å². The minimum atomic E-state index is -0.632. The molecule has 1 fully saturated rings. The van der Waals surface area contributed by atoms with Crippen molar-refractivity contribution >= 4 is 23.2 Å². The van der Waals surface area contributed by atoms with E-state index in [1.165, 1.54) is 0 Å². The lowest BCUT2D eigenvalue weighted by Gasteiger charge is -1.99. The van der Waals surface area contributed by atoms with Gasteiger partial charge in [0.2, 0.25) is 0 Å². The second-order valence-electron chi connectivity index (χ2n) is 2.30. The van der Waals surface area contributed by atoms with Gasteiger partial charge in [-0.3, -0.25) is 0 Å². The van der Waals surface area contributed by atoms with Crippen molar-refractivity contribution in [2.24, 2.45) is 5.73 Å². The summed E-state index contributed by atoms with van der Waals surface area (Å²) in [5, 5.41) is 0. The molecule has 2 N–H and O–H groups in total. The lowest BCUT2D eigenvalue weighted by Crippen LogP contribution is -2.23. The van der Waals surface area contributed by atoms with Crippen molar-refractivity contribution in [3.05, 3.63) is 0 Å². The summed E-state index contributed by atoms with van der Waals surface area (Å²) in [5.41, 5.74) is 5.16. The Kier molecular flexibility index (Phi) is 0.887. The Hall–Kier alpha value is 0.540. The van der Waals surface area contributed by atoms with Crippen LogP contribution in [0.5, 0.6) is 0 Å². The maximum Gasteiger partial charge on any atom is 0.137 e. The highest BCUT2D eigenvalue weighted by molar-refractivity contribution is 6.52. The first-order chi connectivity index (χ1) is 2.96. The summed E-state index contributed by atoms with van der Waals surface area (Å²) in [5.74, 6) is 0. The van der Waals surface area contributed by atoms with Gasteiger partial charge in [-0.15, -0.1) is 0 Å². The fourth-order valence-corrected chi connectivity index (χ4v) is 0.972. The normalized spacial score (nSPS) is 46.3. The van der Waals surface area contributed by atoms with Crippen LogP contribution >= 0.6 is 23.2 Å². The molecule has 0 aromatic heterocycles. The summed E-state index contributed by atoms with van der Waals surface area (Å²) in [6.07, 6.45) is 0.711. The highest BCUT2D eigenvalue weighted by Crippen LogP contribution is 2.54. The molecule has 0 aliphatic heterocycles. The highest BCUT2D eigenvalue weighted by Gasteiger charge is 2.60. The van der Waals surface area contributed by atoms with Crippen molar-refractivity contribution in [2.75, 3.05) is 0 Å². The third-order valence-corrected chi connectivity index (χ3v) is 2.43. The van der Waals surface area contributed by atoms with Crippen LogP contribution in [0.25, 0.3) is 0 Å². The molecule has 0 spiro atoms. The monoisotopic (exact) mass is 139 g/mol. The summed E-state index contributed by atoms with van der Waals surface area (Å²) in [6, 6.07) is 0. The number of alkyl halides is 2. The van der Waals surface area contributed by atoms with Crippen LogP contribution in [0.4, 0.5) is 0 Å². The largest absolute Gasteiger partial charge is 0.323 e. The average Bonchev–Trinajstić information content (AvgIpc) is 1.63. The summed E-state index contributed by atoms with van der Waals surface area (Å²) in [7, 11) is 0. The van der Waals surface area contributed by atoms with Gasteiger partial charge in [0.25, 0.3) is 0 Å². The van der Waals surface area contributed by atoms with Gasteiger partial charge in [0.1, 0.15) is 4.33 Å². The quantitative estimate of drug-likeness (QED) is 0.504. The van der Waals surface area contributed by atoms with Crippen LogP contribution < -0.4 is 5.73 Å². The molecule has 42 valence electrons. The van der Waals surface area contributed by atoms with E-state index < -0.39 is 4.33 Å². The SMILES string of the molecule is CC1(N)CC1(Cl)Cl. The molecule has 1 nitrogen and oxygen atoms in total. The Morgan fingerprint density at radius 2 is 1.71 bits per heavy atom. The predicted octanol–water partition coefficient (Wildman–Crippen LogP) is 1.28. The van der Waals surface area contributed by atoms with E-state index in [0.29, 0.717) is 6.42 Å². The number of halogens is 2. The van der Waals surface area contributed by atoms with Crippen LogP contribution in [-0.4, -0.2) is 9.87 Å². The van der Waals surface area contributed by atoms with Crippen molar-refractivity contribution in [2.45, 2.75) is 23.2 Å². The molecule has 0 aromatic carbocycles. The predicted molar refractivity (Wildman–Crippen MR) is 31.6 cm³/mol. The van der Waals surface area contributed by atoms with E-state index in [1.807, 2.05) is 6.92 Å². The molecule has 7 heavy (non-hydrogen) atoms. The Morgan fingerprint density at radius 1 is 1.57 bits per heavy atom. The maximum absolute atomic E-state index is 5.57. The smallest absolute Gasteiger partial charge is 0.137 e. The fraction of sp³-hybridized carbons (Fsp3) is 1.00. The van der Waals surface area contributed by atoms with Gasteiger partial charge in [-0.1, -0.05) is 23.2 Å². The lowest BCUT2D eigenvalue weighted by molar-refractivity contribution is 0.750. The van der Waals surface area contributed by atoms with Gasteiger partial charge < -0.3 is 5.73 Å². The highest BCUT2D eigenvalue weighted by atomic mass is 35.5. The van der Waals surface area contributed by atoms with E-state index >= 15 is 0 Å². The van der Waals surface area contributed by atoms with E-state index in [1.54, 1.807) is 0 Å². The second kappa shape index (κ2) is 1.09. The molecule has 0 amide bonds. The standard InChI is InChI=1S/C4H7Cl2N/c1-3(7)2-4(3,5)6/h2,7H2,1H3. The number of nitrogens with two attached hydrogens (primary N) is 1. The third kappa shape index (κ3) is 0.735. The van der Waals surface area contributed by atoms with Crippen LogP contribution in [0, 0.1) is 0 Å². The molecule has 1 rings (SSSR count). The van der Waals surface area contributed by atoms with Crippen LogP contribution in [-0.2, 0) is 0 Å². The topological polar surface area (TPSA) is 26.0 Å². The Bertz CT molecular complexity index is 85.9. The number of hydrogen-bond donors (Lipinski definition) is 1. The van der Waals surface area contributed by atoms with E-state index in [4.69, 9.17) is 28.9 Å². The molecule has 0 heterocycles. The zero-order chi connectivity index (χ0) is 5.71. The maximum atomic E-state index is 5.57. The average molecular weight is 140 g/mol. The van der Waals surface area contributed by atoms with Gasteiger partial charge in [0.15, 0.2) is 0 Å². The summed E-state index contributed by atoms with van der Waals surface area (Å²) < 4.78 is -0.632. The Morgan fingerprint density at radius 3 is 1.71 bits per heavy atom. The molecular weight excluding hydrogens is 133 g/mol. The van der Waals surface area contributed by atoms with Gasteiger partial charge in [-0.05, 0) is 6.92 Å². The van der Waals surface area contributed by atoms with Crippen molar-refractivity contribution in [1.29, 1.82) is 0 Å². The third-order valence-electron chi connectivity index (χ3n) is 1.30. The molecule has 0 saturated heterocycles. The molecule has 1 atom stereocenters. The van der Waals surface area contributed by atoms with Crippen LogP contribution in [0.1, 0.15) is 13.3 Å². The minimum absolute atomic E-state index is 0.323. The van der Waals surface area contributed by atoms with Crippen molar-refractivity contribution in [3.63, 3.8) is 0 Å². The molecule has 0 radical (unpaired) electrons. The minimum Gasteiger partial charge on any atom is -0.323 e. The van der Waals surface area contributed by atoms with Crippen molar-refractivity contribution < 1.29 is 0 Å². The number of rotatable bonds is 0. The first kappa shape index (κ1) is 5.67. The van der Waals surface area contributed by atoms with E-state index in [9.17, 15) is 0 Å². The summed E-state index contributed by atoms with van der Waals surface area (Å²) in [4.78, 5) is 0. The van der Waals surface area contributed by atoms with Gasteiger partial charge in [-0.2, -0.15) is 0 Å². The molecule has 1 aliphatic carbocycles. The fourth-order valence-electron chi connectivity index (χ4n) is 0.417. The Labute approximate surface area is 52.8 Å². The van der Waals surface area contributed by atoms with Gasteiger partial charge in [-0.25, -0.2) is 0 Å². The van der Waals surface area contributed by atoms with Crippen LogP contribution in [0.2, 0.25) is 0 Å². The van der Waals surface area contributed by atoms with E-state index in [2.05, 4.69) is 0 Å². The van der Waals surface area contributed by atoms with Gasteiger partial charge >= 0.3 is 0 Å². The first-order valence-corrected chi connectivity index (χ1v) is 2.88. The molecule has 3 heteroatoms. The van der Waals surface area contributed by atoms with Gasteiger partial charge in [0, 0.05) is 12.0 Å². The molecule has 1 unspecified atom stereocenters. The van der Waals surface area contributed by atoms with E-state index in [-0.39, 0.29) is 5.54 Å².